The van der Waals surface area contributed by atoms with Crippen molar-refractivity contribution in [2.24, 2.45) is 0 Å². The van der Waals surface area contributed by atoms with Crippen molar-refractivity contribution in [2.45, 2.75) is 32.4 Å². The lowest BCUT2D eigenvalue weighted by molar-refractivity contribution is -0.121. The molecule has 1 aromatic carbocycles. The summed E-state index contributed by atoms with van der Waals surface area (Å²) in [6.07, 6.45) is 1.49. The van der Waals surface area contributed by atoms with Gasteiger partial charge in [-0.1, -0.05) is 25.1 Å². The fourth-order valence-electron chi connectivity index (χ4n) is 3.07. The maximum absolute atomic E-state index is 11.8. The van der Waals surface area contributed by atoms with E-state index in [4.69, 9.17) is 0 Å². The van der Waals surface area contributed by atoms with Crippen molar-refractivity contribution < 1.29 is 4.79 Å². The first-order valence-corrected chi connectivity index (χ1v) is 7.78. The van der Waals surface area contributed by atoms with Gasteiger partial charge in [0.05, 0.1) is 0 Å². The number of para-hydroxylation sites is 1. The number of pyridine rings is 1. The van der Waals surface area contributed by atoms with E-state index in [9.17, 15) is 9.59 Å². The first kappa shape index (κ1) is 14.8. The number of rotatable bonds is 4. The van der Waals surface area contributed by atoms with Crippen molar-refractivity contribution in [1.29, 1.82) is 0 Å². The Hall–Kier alpha value is -2.14. The van der Waals surface area contributed by atoms with Gasteiger partial charge in [-0.3, -0.25) is 14.5 Å². The summed E-state index contributed by atoms with van der Waals surface area (Å²) in [5.41, 5.74) is 1.85. The molecule has 1 aliphatic heterocycles. The molecule has 1 atom stereocenters. The lowest BCUT2D eigenvalue weighted by Gasteiger charge is -2.17. The number of hydrogen-bond donors (Lipinski definition) is 2. The predicted molar refractivity (Wildman–Crippen MR) is 86.7 cm³/mol. The fourth-order valence-corrected chi connectivity index (χ4v) is 3.07. The van der Waals surface area contributed by atoms with Crippen LogP contribution in [0.3, 0.4) is 0 Å². The number of fused-ring (bicyclic) bond motifs is 1. The molecule has 1 aromatic heterocycles. The minimum absolute atomic E-state index is 0.0660. The molecule has 0 aliphatic carbocycles. The maximum Gasteiger partial charge on any atom is 0.248 e. The molecule has 2 aromatic rings. The average Bonchev–Trinajstić information content (AvgIpc) is 2.94. The number of H-pyrrole nitrogens is 1. The highest BCUT2D eigenvalue weighted by atomic mass is 16.1. The zero-order valence-electron chi connectivity index (χ0n) is 12.8. The Labute approximate surface area is 129 Å². The van der Waals surface area contributed by atoms with Crippen LogP contribution in [0.15, 0.2) is 35.1 Å². The topological polar surface area (TPSA) is 65.2 Å². The Balaban J connectivity index is 1.74. The van der Waals surface area contributed by atoms with Crippen LogP contribution in [0.5, 0.6) is 0 Å². The molecule has 0 radical (unpaired) electrons. The number of nitrogens with zero attached hydrogens (tertiary/aromatic N) is 1. The zero-order valence-corrected chi connectivity index (χ0v) is 12.8. The van der Waals surface area contributed by atoms with E-state index < -0.39 is 0 Å². The Morgan fingerprint density at radius 2 is 2.23 bits per heavy atom. The first-order valence-electron chi connectivity index (χ1n) is 7.78. The van der Waals surface area contributed by atoms with E-state index in [1.807, 2.05) is 31.2 Å². The monoisotopic (exact) mass is 299 g/mol. The third-order valence-corrected chi connectivity index (χ3v) is 4.19. The van der Waals surface area contributed by atoms with Crippen LogP contribution < -0.4 is 10.9 Å². The van der Waals surface area contributed by atoms with Gasteiger partial charge >= 0.3 is 0 Å². The standard InChI is InChI=1S/C17H21N3O2/c1-2-16(21)18-13-7-8-20(11-13)10-12-9-17(22)19-15-6-4-3-5-14(12)15/h3-6,9,13H,2,7-8,10-11H2,1H3,(H,18,21)(H,19,22). The van der Waals surface area contributed by atoms with Crippen molar-refractivity contribution in [3.63, 3.8) is 0 Å². The Morgan fingerprint density at radius 3 is 3.05 bits per heavy atom. The third-order valence-electron chi connectivity index (χ3n) is 4.19. The molecule has 22 heavy (non-hydrogen) atoms. The van der Waals surface area contributed by atoms with Crippen molar-refractivity contribution in [2.75, 3.05) is 13.1 Å². The molecular weight excluding hydrogens is 278 g/mol. The van der Waals surface area contributed by atoms with Gasteiger partial charge in [0.1, 0.15) is 0 Å². The largest absolute Gasteiger partial charge is 0.352 e. The van der Waals surface area contributed by atoms with Crippen LogP contribution in [0.2, 0.25) is 0 Å². The van der Waals surface area contributed by atoms with Crippen LogP contribution in [-0.2, 0) is 11.3 Å². The van der Waals surface area contributed by atoms with Crippen molar-refractivity contribution >= 4 is 16.8 Å². The quantitative estimate of drug-likeness (QED) is 0.902. The van der Waals surface area contributed by atoms with Crippen LogP contribution >= 0.6 is 0 Å². The molecule has 1 amide bonds. The van der Waals surface area contributed by atoms with E-state index in [0.717, 1.165) is 42.5 Å². The summed E-state index contributed by atoms with van der Waals surface area (Å²) in [5, 5.41) is 4.13. The number of likely N-dealkylation sites (tertiary alicyclic amines) is 1. The Kier molecular flexibility index (Phi) is 4.24. The van der Waals surface area contributed by atoms with Crippen LogP contribution in [0.4, 0.5) is 0 Å². The van der Waals surface area contributed by atoms with Gasteiger partial charge in [0, 0.05) is 49.1 Å². The number of hydrogen-bond acceptors (Lipinski definition) is 3. The van der Waals surface area contributed by atoms with E-state index in [-0.39, 0.29) is 17.5 Å². The van der Waals surface area contributed by atoms with Gasteiger partial charge in [0.25, 0.3) is 0 Å². The molecule has 1 unspecified atom stereocenters. The fraction of sp³-hybridized carbons (Fsp3) is 0.412. The summed E-state index contributed by atoms with van der Waals surface area (Å²) in [5.74, 6) is 0.105. The van der Waals surface area contributed by atoms with Crippen molar-refractivity contribution in [1.82, 2.24) is 15.2 Å². The highest BCUT2D eigenvalue weighted by molar-refractivity contribution is 5.81. The van der Waals surface area contributed by atoms with E-state index in [0.29, 0.717) is 6.42 Å². The first-order chi connectivity index (χ1) is 10.7. The molecule has 5 heteroatoms. The maximum atomic E-state index is 11.8. The summed E-state index contributed by atoms with van der Waals surface area (Å²) >= 11 is 0. The number of benzene rings is 1. The van der Waals surface area contributed by atoms with E-state index in [2.05, 4.69) is 15.2 Å². The molecule has 116 valence electrons. The molecule has 0 bridgehead atoms. The van der Waals surface area contributed by atoms with Gasteiger partial charge in [-0.15, -0.1) is 0 Å². The van der Waals surface area contributed by atoms with Gasteiger partial charge in [-0.2, -0.15) is 0 Å². The zero-order chi connectivity index (χ0) is 15.5. The van der Waals surface area contributed by atoms with Gasteiger partial charge in [-0.05, 0) is 18.1 Å². The smallest absolute Gasteiger partial charge is 0.248 e. The number of carbonyl (C=O) groups excluding carboxylic acids is 1. The average molecular weight is 299 g/mol. The summed E-state index contributed by atoms with van der Waals surface area (Å²) < 4.78 is 0. The van der Waals surface area contributed by atoms with Gasteiger partial charge < -0.3 is 10.3 Å². The molecular formula is C17H21N3O2. The van der Waals surface area contributed by atoms with Crippen LogP contribution in [-0.4, -0.2) is 34.9 Å². The van der Waals surface area contributed by atoms with Crippen LogP contribution in [0.1, 0.15) is 25.3 Å². The molecule has 1 aliphatic rings. The van der Waals surface area contributed by atoms with Crippen molar-refractivity contribution in [3.8, 4) is 0 Å². The molecule has 2 heterocycles. The molecule has 0 spiro atoms. The van der Waals surface area contributed by atoms with Crippen molar-refractivity contribution in [3.05, 3.63) is 46.2 Å². The molecule has 1 fully saturated rings. The molecule has 2 N–H and O–H groups in total. The van der Waals surface area contributed by atoms with Gasteiger partial charge in [0.15, 0.2) is 0 Å². The number of carbonyl (C=O) groups is 1. The Morgan fingerprint density at radius 1 is 1.41 bits per heavy atom. The number of nitrogens with one attached hydrogen (secondary N) is 2. The van der Waals surface area contributed by atoms with Crippen LogP contribution in [0, 0.1) is 0 Å². The third kappa shape index (κ3) is 3.20. The van der Waals surface area contributed by atoms with Crippen LogP contribution in [0.25, 0.3) is 10.9 Å². The van der Waals surface area contributed by atoms with E-state index in [1.165, 1.54) is 0 Å². The lowest BCUT2D eigenvalue weighted by atomic mass is 10.1. The predicted octanol–water partition coefficient (Wildman–Crippen LogP) is 1.63. The van der Waals surface area contributed by atoms with Gasteiger partial charge in [0.2, 0.25) is 11.5 Å². The second-order valence-corrected chi connectivity index (χ2v) is 5.85. The summed E-state index contributed by atoms with van der Waals surface area (Å²) in [6, 6.07) is 9.77. The second kappa shape index (κ2) is 6.32. The minimum Gasteiger partial charge on any atom is -0.352 e. The summed E-state index contributed by atoms with van der Waals surface area (Å²) in [6.45, 7) is 4.38. The molecule has 5 nitrogen and oxygen atoms in total. The molecule has 0 saturated carbocycles. The van der Waals surface area contributed by atoms with E-state index in [1.54, 1.807) is 6.07 Å². The van der Waals surface area contributed by atoms with E-state index >= 15 is 0 Å². The lowest BCUT2D eigenvalue weighted by Crippen LogP contribution is -2.36. The van der Waals surface area contributed by atoms with Gasteiger partial charge in [-0.25, -0.2) is 0 Å². The summed E-state index contributed by atoms with van der Waals surface area (Å²) in [7, 11) is 0. The Bertz CT molecular complexity index is 738. The number of aromatic nitrogens is 1. The highest BCUT2D eigenvalue weighted by Crippen LogP contribution is 2.19. The normalized spacial score (nSPS) is 18.7. The number of amides is 1. The highest BCUT2D eigenvalue weighted by Gasteiger charge is 2.23. The second-order valence-electron chi connectivity index (χ2n) is 5.85. The molecule has 1 saturated heterocycles. The SMILES string of the molecule is CCC(=O)NC1CCN(Cc2cc(=O)[nH]c3ccccc23)C1. The minimum atomic E-state index is -0.0660. The number of aromatic amines is 1. The summed E-state index contributed by atoms with van der Waals surface area (Å²) in [4.78, 5) is 28.4. The molecule has 3 rings (SSSR count).